The number of nitrogens with zero attached hydrogens (tertiary/aromatic N) is 5. The largest absolute Gasteiger partial charge is 0.252 e. The van der Waals surface area contributed by atoms with Gasteiger partial charge in [0.15, 0.2) is 0 Å². The summed E-state index contributed by atoms with van der Waals surface area (Å²) in [6, 6.07) is 5.37. The van der Waals surface area contributed by atoms with Crippen LogP contribution < -0.4 is 0 Å². The van der Waals surface area contributed by atoms with Crippen molar-refractivity contribution in [3.8, 4) is 0 Å². The summed E-state index contributed by atoms with van der Waals surface area (Å²) in [4.78, 5) is 8.12. The zero-order valence-corrected chi connectivity index (χ0v) is 14.3. The van der Waals surface area contributed by atoms with E-state index >= 15 is 0 Å². The van der Waals surface area contributed by atoms with Crippen molar-refractivity contribution in [2.75, 3.05) is 6.54 Å². The van der Waals surface area contributed by atoms with Gasteiger partial charge in [0.1, 0.15) is 12.1 Å². The molecule has 0 unspecified atom stereocenters. The van der Waals surface area contributed by atoms with Gasteiger partial charge in [-0.1, -0.05) is 6.07 Å². The molecule has 3 heterocycles. The second-order valence-electron chi connectivity index (χ2n) is 6.03. The highest BCUT2D eigenvalue weighted by Gasteiger charge is 2.37. The van der Waals surface area contributed by atoms with E-state index in [4.69, 9.17) is 0 Å². The number of halogens is 1. The zero-order chi connectivity index (χ0) is 17.6. The van der Waals surface area contributed by atoms with Crippen LogP contribution >= 0.6 is 0 Å². The Kier molecular flexibility index (Phi) is 3.77. The zero-order valence-electron chi connectivity index (χ0n) is 13.5. The van der Waals surface area contributed by atoms with Crippen LogP contribution in [-0.4, -0.2) is 38.8 Å². The van der Waals surface area contributed by atoms with Gasteiger partial charge in [-0.05, 0) is 43.5 Å². The number of aromatic nitrogens is 4. The van der Waals surface area contributed by atoms with Gasteiger partial charge in [0, 0.05) is 12.7 Å². The van der Waals surface area contributed by atoms with Crippen molar-refractivity contribution in [3.63, 3.8) is 0 Å². The fourth-order valence-electron chi connectivity index (χ4n) is 3.20. The fraction of sp³-hybridized carbons (Fsp3) is 0.312. The molecule has 25 heavy (non-hydrogen) atoms. The molecule has 130 valence electrons. The van der Waals surface area contributed by atoms with Crippen molar-refractivity contribution in [1.29, 1.82) is 0 Å². The van der Waals surface area contributed by atoms with Gasteiger partial charge in [-0.2, -0.15) is 18.9 Å². The summed E-state index contributed by atoms with van der Waals surface area (Å²) in [6.07, 6.45) is 4.35. The Hall–Kier alpha value is -2.39. The second-order valence-corrected chi connectivity index (χ2v) is 7.92. The van der Waals surface area contributed by atoms with Gasteiger partial charge in [-0.15, -0.1) is 0 Å². The molecule has 1 aromatic carbocycles. The summed E-state index contributed by atoms with van der Waals surface area (Å²) >= 11 is 0. The first-order chi connectivity index (χ1) is 12.0. The number of benzene rings is 1. The van der Waals surface area contributed by atoms with E-state index in [2.05, 4.69) is 15.1 Å². The monoisotopic (exact) mass is 361 g/mol. The molecule has 0 amide bonds. The normalized spacial score (nSPS) is 18.9. The Bertz CT molecular complexity index is 1050. The first-order valence-corrected chi connectivity index (χ1v) is 9.35. The Labute approximate surface area is 144 Å². The van der Waals surface area contributed by atoms with Crippen LogP contribution in [0.2, 0.25) is 0 Å². The molecule has 0 N–H and O–H groups in total. The van der Waals surface area contributed by atoms with Crippen LogP contribution in [-0.2, 0) is 10.0 Å². The van der Waals surface area contributed by atoms with Crippen molar-refractivity contribution in [2.45, 2.75) is 30.7 Å². The van der Waals surface area contributed by atoms with Gasteiger partial charge >= 0.3 is 0 Å². The molecule has 0 radical (unpaired) electrons. The summed E-state index contributed by atoms with van der Waals surface area (Å²) in [5.74, 6) is -0.109. The number of hydrogen-bond donors (Lipinski definition) is 0. The lowest BCUT2D eigenvalue weighted by atomic mass is 10.1. The summed E-state index contributed by atoms with van der Waals surface area (Å²) in [5.41, 5.74) is 1.12. The van der Waals surface area contributed by atoms with Gasteiger partial charge in [-0.3, -0.25) is 0 Å². The minimum absolute atomic E-state index is 0.0357. The van der Waals surface area contributed by atoms with Crippen LogP contribution in [0.5, 0.6) is 0 Å². The summed E-state index contributed by atoms with van der Waals surface area (Å²) in [7, 11) is -3.82. The number of aryl methyl sites for hydroxylation is 1. The topological polar surface area (TPSA) is 80.5 Å². The van der Waals surface area contributed by atoms with Crippen LogP contribution in [0.15, 0.2) is 41.7 Å². The van der Waals surface area contributed by atoms with Crippen LogP contribution in [0, 0.1) is 12.7 Å². The SMILES string of the molecule is Cc1ccc(S(=O)(=O)N2CCC[C@H]2c2ccnc3ncnn23)cc1F. The van der Waals surface area contributed by atoms with Crippen molar-refractivity contribution < 1.29 is 12.8 Å². The number of hydrogen-bond acceptors (Lipinski definition) is 5. The number of fused-ring (bicyclic) bond motifs is 1. The molecule has 1 fully saturated rings. The van der Waals surface area contributed by atoms with E-state index in [1.165, 1.54) is 22.8 Å². The fourth-order valence-corrected chi connectivity index (χ4v) is 4.88. The quantitative estimate of drug-likeness (QED) is 0.714. The first kappa shape index (κ1) is 16.1. The maximum Gasteiger partial charge on any atom is 0.252 e. The average Bonchev–Trinajstić information content (AvgIpc) is 3.25. The lowest BCUT2D eigenvalue weighted by molar-refractivity contribution is 0.385. The summed E-state index contributed by atoms with van der Waals surface area (Å²) < 4.78 is 42.9. The van der Waals surface area contributed by atoms with E-state index in [0.717, 1.165) is 12.5 Å². The van der Waals surface area contributed by atoms with Gasteiger partial charge in [0.2, 0.25) is 10.0 Å². The lowest BCUT2D eigenvalue weighted by Crippen LogP contribution is -2.31. The van der Waals surface area contributed by atoms with Gasteiger partial charge in [0.25, 0.3) is 5.78 Å². The summed E-state index contributed by atoms with van der Waals surface area (Å²) in [5, 5.41) is 4.14. The third-order valence-corrected chi connectivity index (χ3v) is 6.41. The van der Waals surface area contributed by atoms with Crippen LogP contribution in [0.3, 0.4) is 0 Å². The molecule has 0 bridgehead atoms. The maximum absolute atomic E-state index is 13.9. The van der Waals surface area contributed by atoms with Crippen molar-refractivity contribution in [1.82, 2.24) is 23.9 Å². The van der Waals surface area contributed by atoms with E-state index in [-0.39, 0.29) is 10.9 Å². The van der Waals surface area contributed by atoms with E-state index in [0.29, 0.717) is 30.0 Å². The van der Waals surface area contributed by atoms with Crippen LogP contribution in [0.4, 0.5) is 4.39 Å². The maximum atomic E-state index is 13.9. The molecular weight excluding hydrogens is 345 g/mol. The summed E-state index contributed by atoms with van der Waals surface area (Å²) in [6.45, 7) is 1.98. The second kappa shape index (κ2) is 5.85. The molecule has 3 aromatic rings. The predicted octanol–water partition coefficient (Wildman–Crippen LogP) is 2.10. The third kappa shape index (κ3) is 2.59. The molecule has 1 atom stereocenters. The predicted molar refractivity (Wildman–Crippen MR) is 87.8 cm³/mol. The average molecular weight is 361 g/mol. The Balaban J connectivity index is 1.78. The molecule has 4 rings (SSSR count). The molecule has 0 aliphatic carbocycles. The highest BCUT2D eigenvalue weighted by atomic mass is 32.2. The molecule has 0 saturated carbocycles. The molecule has 1 saturated heterocycles. The smallest absolute Gasteiger partial charge is 0.220 e. The van der Waals surface area contributed by atoms with E-state index < -0.39 is 15.8 Å². The van der Waals surface area contributed by atoms with E-state index in [9.17, 15) is 12.8 Å². The molecule has 1 aliphatic heterocycles. The minimum atomic E-state index is -3.82. The lowest BCUT2D eigenvalue weighted by Gasteiger charge is -2.24. The molecule has 2 aromatic heterocycles. The molecule has 7 nitrogen and oxygen atoms in total. The van der Waals surface area contributed by atoms with E-state index in [1.807, 2.05) is 0 Å². The van der Waals surface area contributed by atoms with Crippen molar-refractivity contribution in [2.24, 2.45) is 0 Å². The van der Waals surface area contributed by atoms with Gasteiger partial charge < -0.3 is 0 Å². The number of rotatable bonds is 3. The van der Waals surface area contributed by atoms with Crippen LogP contribution in [0.25, 0.3) is 5.78 Å². The Morgan fingerprint density at radius 3 is 2.88 bits per heavy atom. The highest BCUT2D eigenvalue weighted by Crippen LogP contribution is 2.36. The number of sulfonamides is 1. The van der Waals surface area contributed by atoms with Crippen molar-refractivity contribution >= 4 is 15.8 Å². The molecular formula is C16H16FN5O2S. The molecule has 0 spiro atoms. The highest BCUT2D eigenvalue weighted by molar-refractivity contribution is 7.89. The molecule has 1 aliphatic rings. The Morgan fingerprint density at radius 2 is 2.08 bits per heavy atom. The Morgan fingerprint density at radius 1 is 1.24 bits per heavy atom. The minimum Gasteiger partial charge on any atom is -0.220 e. The van der Waals surface area contributed by atoms with Crippen molar-refractivity contribution in [3.05, 3.63) is 53.9 Å². The van der Waals surface area contributed by atoms with Gasteiger partial charge in [-0.25, -0.2) is 17.8 Å². The van der Waals surface area contributed by atoms with Gasteiger partial charge in [0.05, 0.1) is 16.6 Å². The van der Waals surface area contributed by atoms with E-state index in [1.54, 1.807) is 23.7 Å². The third-order valence-electron chi connectivity index (χ3n) is 4.50. The molecule has 9 heteroatoms. The standard InChI is InChI=1S/C16H16FN5O2S/c1-11-4-5-12(9-13(11)17)25(23,24)21-8-2-3-14(21)15-6-7-18-16-19-10-20-22(15)16/h4-7,9-10,14H,2-3,8H2,1H3/t14-/m0/s1. The van der Waals surface area contributed by atoms with Crippen LogP contribution in [0.1, 0.15) is 30.1 Å². The first-order valence-electron chi connectivity index (χ1n) is 7.91.